The van der Waals surface area contributed by atoms with Crippen molar-refractivity contribution in [1.82, 2.24) is 0 Å². The van der Waals surface area contributed by atoms with Gasteiger partial charge in [0.2, 0.25) is 0 Å². The summed E-state index contributed by atoms with van der Waals surface area (Å²) in [5, 5.41) is 2.52. The minimum atomic E-state index is -0.0401. The van der Waals surface area contributed by atoms with E-state index in [0.29, 0.717) is 0 Å². The molecule has 0 spiro atoms. The van der Waals surface area contributed by atoms with Crippen molar-refractivity contribution >= 4 is 27.8 Å². The summed E-state index contributed by atoms with van der Waals surface area (Å²) in [6.45, 7) is 4.69. The Bertz CT molecular complexity index is 3230. The summed E-state index contributed by atoms with van der Waals surface area (Å²) in [6.07, 6.45) is 0. The van der Waals surface area contributed by atoms with Crippen molar-refractivity contribution in [3.05, 3.63) is 248 Å². The van der Waals surface area contributed by atoms with Crippen LogP contribution in [0.15, 0.2) is 237 Å². The molecule has 0 saturated carbocycles. The topological polar surface area (TPSA) is 3.24 Å². The third kappa shape index (κ3) is 6.79. The Morgan fingerprint density at radius 2 is 0.645 bits per heavy atom. The maximum atomic E-state index is 2.40. The average molecular weight is 792 g/mol. The second-order valence-electron chi connectivity index (χ2n) is 17.0. The molecule has 0 amide bonds. The number of benzene rings is 10. The van der Waals surface area contributed by atoms with Crippen LogP contribution in [-0.4, -0.2) is 0 Å². The highest BCUT2D eigenvalue weighted by atomic mass is 15.1. The quantitative estimate of drug-likeness (QED) is 0.148. The van der Waals surface area contributed by atoms with Gasteiger partial charge in [-0.3, -0.25) is 0 Å². The van der Waals surface area contributed by atoms with Gasteiger partial charge in [0.25, 0.3) is 0 Å². The summed E-state index contributed by atoms with van der Waals surface area (Å²) in [6, 6.07) is 86.5. The molecule has 62 heavy (non-hydrogen) atoms. The molecule has 0 radical (unpaired) electrons. The van der Waals surface area contributed by atoms with E-state index in [1.54, 1.807) is 0 Å². The van der Waals surface area contributed by atoms with Crippen LogP contribution in [0.2, 0.25) is 0 Å². The molecule has 1 nitrogen and oxygen atoms in total. The van der Waals surface area contributed by atoms with Crippen LogP contribution in [-0.2, 0) is 5.41 Å². The maximum Gasteiger partial charge on any atom is 0.0462 e. The first-order chi connectivity index (χ1) is 30.5. The zero-order valence-corrected chi connectivity index (χ0v) is 35.0. The molecule has 1 aliphatic rings. The van der Waals surface area contributed by atoms with Crippen molar-refractivity contribution in [1.29, 1.82) is 0 Å². The van der Waals surface area contributed by atoms with Gasteiger partial charge < -0.3 is 4.90 Å². The fraction of sp³-hybridized carbons (Fsp3) is 0.0492. The van der Waals surface area contributed by atoms with Crippen LogP contribution < -0.4 is 4.90 Å². The van der Waals surface area contributed by atoms with Crippen molar-refractivity contribution in [2.24, 2.45) is 0 Å². The number of rotatable bonds is 8. The normalized spacial score (nSPS) is 12.5. The van der Waals surface area contributed by atoms with Crippen LogP contribution in [0, 0.1) is 0 Å². The van der Waals surface area contributed by atoms with E-state index in [0.717, 1.165) is 17.1 Å². The third-order valence-electron chi connectivity index (χ3n) is 12.9. The Kier molecular flexibility index (Phi) is 9.24. The zero-order chi connectivity index (χ0) is 41.6. The van der Waals surface area contributed by atoms with Crippen LogP contribution in [0.3, 0.4) is 0 Å². The lowest BCUT2D eigenvalue weighted by Crippen LogP contribution is -2.14. The molecule has 1 aliphatic carbocycles. The molecule has 0 aromatic heterocycles. The number of anilines is 3. The van der Waals surface area contributed by atoms with Crippen LogP contribution in [0.1, 0.15) is 25.0 Å². The second kappa shape index (κ2) is 15.4. The Hall–Kier alpha value is -7.74. The van der Waals surface area contributed by atoms with Gasteiger partial charge in [0.05, 0.1) is 0 Å². The fourth-order valence-electron chi connectivity index (χ4n) is 9.50. The summed E-state index contributed by atoms with van der Waals surface area (Å²) in [5.41, 5.74) is 20.8. The Morgan fingerprint density at radius 3 is 1.24 bits per heavy atom. The molecule has 0 atom stereocenters. The van der Waals surface area contributed by atoms with Crippen molar-refractivity contribution in [3.8, 4) is 66.8 Å². The maximum absolute atomic E-state index is 2.40. The highest BCUT2D eigenvalue weighted by molar-refractivity contribution is 5.89. The van der Waals surface area contributed by atoms with E-state index < -0.39 is 0 Å². The summed E-state index contributed by atoms with van der Waals surface area (Å²) in [7, 11) is 0. The molecule has 1 heteroatoms. The molecule has 0 fully saturated rings. The molecule has 0 bridgehead atoms. The molecule has 0 unspecified atom stereocenters. The number of fused-ring (bicyclic) bond motifs is 4. The van der Waals surface area contributed by atoms with Gasteiger partial charge in [0, 0.05) is 22.5 Å². The predicted molar refractivity (Wildman–Crippen MR) is 263 cm³/mol. The van der Waals surface area contributed by atoms with E-state index in [4.69, 9.17) is 0 Å². The van der Waals surface area contributed by atoms with Gasteiger partial charge in [-0.05, 0) is 149 Å². The standard InChI is InChI=1S/C61H45N/c1-61(2)59-21-9-8-20-57(59)58-37-30-53(41-60(58)61)46-28-35-56(36-29-46)62(54-31-24-44(25-32-54)42-12-4-3-5-13-42)55-33-26-45(27-34-55)48-16-10-17-49(38-48)50-18-11-19-51(40-50)52-23-22-43-14-6-7-15-47(43)39-52/h3-41H,1-2H3. The van der Waals surface area contributed by atoms with Gasteiger partial charge >= 0.3 is 0 Å². The van der Waals surface area contributed by atoms with Crippen molar-refractivity contribution in [2.45, 2.75) is 19.3 Å². The van der Waals surface area contributed by atoms with E-state index in [2.05, 4.69) is 255 Å². The van der Waals surface area contributed by atoms with Crippen molar-refractivity contribution in [2.75, 3.05) is 4.90 Å². The van der Waals surface area contributed by atoms with Gasteiger partial charge in [-0.15, -0.1) is 0 Å². The Balaban J connectivity index is 0.911. The Morgan fingerprint density at radius 1 is 0.258 bits per heavy atom. The minimum absolute atomic E-state index is 0.0401. The van der Waals surface area contributed by atoms with E-state index in [1.165, 1.54) is 88.7 Å². The number of hydrogen-bond acceptors (Lipinski definition) is 1. The van der Waals surface area contributed by atoms with Gasteiger partial charge in [-0.2, -0.15) is 0 Å². The summed E-state index contributed by atoms with van der Waals surface area (Å²) >= 11 is 0. The van der Waals surface area contributed by atoms with Crippen molar-refractivity contribution in [3.63, 3.8) is 0 Å². The van der Waals surface area contributed by atoms with Crippen LogP contribution >= 0.6 is 0 Å². The molecule has 10 aromatic rings. The molecule has 294 valence electrons. The Labute approximate surface area is 364 Å². The van der Waals surface area contributed by atoms with Gasteiger partial charge in [-0.25, -0.2) is 0 Å². The minimum Gasteiger partial charge on any atom is -0.311 e. The van der Waals surface area contributed by atoms with E-state index in [-0.39, 0.29) is 5.41 Å². The molecule has 0 saturated heterocycles. The smallest absolute Gasteiger partial charge is 0.0462 e. The van der Waals surface area contributed by atoms with E-state index in [9.17, 15) is 0 Å². The van der Waals surface area contributed by atoms with Crippen molar-refractivity contribution < 1.29 is 0 Å². The summed E-state index contributed by atoms with van der Waals surface area (Å²) in [4.78, 5) is 2.36. The highest BCUT2D eigenvalue weighted by Gasteiger charge is 2.35. The first-order valence-corrected chi connectivity index (χ1v) is 21.6. The summed E-state index contributed by atoms with van der Waals surface area (Å²) in [5.74, 6) is 0. The number of nitrogens with zero attached hydrogens (tertiary/aromatic N) is 1. The zero-order valence-electron chi connectivity index (χ0n) is 35.0. The highest BCUT2D eigenvalue weighted by Crippen LogP contribution is 2.49. The lowest BCUT2D eigenvalue weighted by atomic mass is 9.81. The molecular weight excluding hydrogens is 747 g/mol. The molecule has 0 aliphatic heterocycles. The fourth-order valence-corrected chi connectivity index (χ4v) is 9.50. The van der Waals surface area contributed by atoms with Gasteiger partial charge in [0.1, 0.15) is 0 Å². The average Bonchev–Trinajstić information content (AvgIpc) is 3.57. The van der Waals surface area contributed by atoms with Crippen LogP contribution in [0.4, 0.5) is 17.1 Å². The molecule has 10 aromatic carbocycles. The SMILES string of the molecule is CC1(C)c2ccccc2-c2ccc(-c3ccc(N(c4ccc(-c5ccccc5)cc4)c4ccc(-c5cccc(-c6cccc(-c7ccc8ccccc8c7)c6)c5)cc4)cc3)cc21. The predicted octanol–water partition coefficient (Wildman–Crippen LogP) is 17.0. The monoisotopic (exact) mass is 791 g/mol. The first kappa shape index (κ1) is 37.3. The van der Waals surface area contributed by atoms with E-state index >= 15 is 0 Å². The van der Waals surface area contributed by atoms with E-state index in [1.807, 2.05) is 0 Å². The first-order valence-electron chi connectivity index (χ1n) is 21.6. The number of hydrogen-bond donors (Lipinski definition) is 0. The summed E-state index contributed by atoms with van der Waals surface area (Å²) < 4.78 is 0. The molecule has 11 rings (SSSR count). The lowest BCUT2D eigenvalue weighted by Gasteiger charge is -2.26. The lowest BCUT2D eigenvalue weighted by molar-refractivity contribution is 0.660. The molecule has 0 heterocycles. The van der Waals surface area contributed by atoms with Crippen LogP contribution in [0.25, 0.3) is 77.5 Å². The molecular formula is C61H45N. The van der Waals surface area contributed by atoms with Gasteiger partial charge in [0.15, 0.2) is 0 Å². The van der Waals surface area contributed by atoms with Crippen LogP contribution in [0.5, 0.6) is 0 Å². The third-order valence-corrected chi connectivity index (χ3v) is 12.9. The second-order valence-corrected chi connectivity index (χ2v) is 17.0. The largest absolute Gasteiger partial charge is 0.311 e. The van der Waals surface area contributed by atoms with Gasteiger partial charge in [-0.1, -0.05) is 190 Å². The molecule has 0 N–H and O–H groups in total.